The number of hydrogen-bond donors (Lipinski definition) is 0. The lowest BCUT2D eigenvalue weighted by Crippen LogP contribution is -2.46. The van der Waals surface area contributed by atoms with Gasteiger partial charge in [-0.1, -0.05) is 6.08 Å². The van der Waals surface area contributed by atoms with E-state index in [4.69, 9.17) is 0 Å². The minimum absolute atomic E-state index is 0.0530. The molecule has 1 saturated heterocycles. The molecular weight excluding hydrogens is 402 g/mol. The average Bonchev–Trinajstić information content (AvgIpc) is 3.37. The lowest BCUT2D eigenvalue weighted by atomic mass is 9.67. The number of nitrogens with zero attached hydrogens (tertiary/aromatic N) is 5. The van der Waals surface area contributed by atoms with E-state index in [0.29, 0.717) is 42.8 Å². The van der Waals surface area contributed by atoms with E-state index in [0.717, 1.165) is 36.1 Å². The van der Waals surface area contributed by atoms with Crippen molar-refractivity contribution in [1.82, 2.24) is 19.7 Å². The molecule has 2 aliphatic carbocycles. The van der Waals surface area contributed by atoms with Crippen LogP contribution in [0.3, 0.4) is 0 Å². The minimum Gasteiger partial charge on any atom is -0.339 e. The number of allylic oxidation sites excluding steroid dienone is 2. The molecule has 1 spiro atoms. The first-order chi connectivity index (χ1) is 15.2. The lowest BCUT2D eigenvalue weighted by molar-refractivity contribution is 0.0519. The molecule has 0 saturated carbocycles. The Balaban J connectivity index is 1.31. The van der Waals surface area contributed by atoms with Gasteiger partial charge in [-0.2, -0.15) is 10.4 Å². The van der Waals surface area contributed by atoms with Gasteiger partial charge in [0.15, 0.2) is 5.78 Å². The number of piperidine rings is 1. The molecule has 7 nitrogen and oxygen atoms in total. The number of nitriles is 1. The van der Waals surface area contributed by atoms with Gasteiger partial charge in [-0.05, 0) is 51.5 Å². The van der Waals surface area contributed by atoms with Crippen LogP contribution in [0.2, 0.25) is 0 Å². The molecule has 0 aromatic carbocycles. The highest BCUT2D eigenvalue weighted by atomic mass is 16.2. The molecule has 5 rings (SSSR count). The van der Waals surface area contributed by atoms with Crippen molar-refractivity contribution in [2.45, 2.75) is 58.4 Å². The second kappa shape index (κ2) is 7.13. The summed E-state index contributed by atoms with van der Waals surface area (Å²) in [6.45, 7) is 7.48. The monoisotopic (exact) mass is 429 g/mol. The molecule has 3 aliphatic rings. The largest absolute Gasteiger partial charge is 0.339 e. The summed E-state index contributed by atoms with van der Waals surface area (Å²) < 4.78 is 1.90. The highest BCUT2D eigenvalue weighted by molar-refractivity contribution is 5.98. The molecule has 2 aromatic heterocycles. The van der Waals surface area contributed by atoms with Gasteiger partial charge >= 0.3 is 0 Å². The maximum atomic E-state index is 13.1. The van der Waals surface area contributed by atoms with Crippen molar-refractivity contribution in [2.75, 3.05) is 13.1 Å². The van der Waals surface area contributed by atoms with Gasteiger partial charge in [0.25, 0.3) is 5.91 Å². The zero-order valence-electron chi connectivity index (χ0n) is 18.8. The highest BCUT2D eigenvalue weighted by Crippen LogP contribution is 2.43. The Hall–Kier alpha value is -3.27. The fourth-order valence-electron chi connectivity index (χ4n) is 5.15. The van der Waals surface area contributed by atoms with Crippen LogP contribution in [0.4, 0.5) is 0 Å². The van der Waals surface area contributed by atoms with Crippen molar-refractivity contribution >= 4 is 17.3 Å². The SMILES string of the molecule is CC(C)(C)n1cc2c(n1)C(=O)CC1(CCN(C(=O)c3cnc4c(c3)C(C#N)=CC4)CC1)C2. The molecule has 0 N–H and O–H groups in total. The number of rotatable bonds is 1. The van der Waals surface area contributed by atoms with E-state index < -0.39 is 0 Å². The second-order valence-electron chi connectivity index (χ2n) is 10.3. The molecule has 0 unspecified atom stereocenters. The van der Waals surface area contributed by atoms with Crippen molar-refractivity contribution < 1.29 is 9.59 Å². The van der Waals surface area contributed by atoms with Gasteiger partial charge in [-0.3, -0.25) is 19.3 Å². The predicted molar refractivity (Wildman–Crippen MR) is 119 cm³/mol. The molecular formula is C25H27N5O2. The number of Topliss-reactive ketones (excluding diaryl/α,β-unsaturated/α-hetero) is 1. The topological polar surface area (TPSA) is 91.9 Å². The van der Waals surface area contributed by atoms with Crippen LogP contribution in [-0.2, 0) is 18.4 Å². The average molecular weight is 430 g/mol. The van der Waals surface area contributed by atoms with Crippen LogP contribution in [0.15, 0.2) is 24.5 Å². The first kappa shape index (κ1) is 20.6. The predicted octanol–water partition coefficient (Wildman–Crippen LogP) is 3.55. The number of fused-ring (bicyclic) bond motifs is 2. The summed E-state index contributed by atoms with van der Waals surface area (Å²) in [7, 11) is 0. The first-order valence-corrected chi connectivity index (χ1v) is 11.2. The lowest BCUT2D eigenvalue weighted by Gasteiger charge is -2.43. The second-order valence-corrected chi connectivity index (χ2v) is 10.3. The number of aromatic nitrogens is 3. The summed E-state index contributed by atoms with van der Waals surface area (Å²) >= 11 is 0. The van der Waals surface area contributed by atoms with Crippen LogP contribution < -0.4 is 0 Å². The fraction of sp³-hybridized carbons (Fsp3) is 0.480. The van der Waals surface area contributed by atoms with Crippen LogP contribution in [-0.4, -0.2) is 44.4 Å². The third-order valence-electron chi connectivity index (χ3n) is 7.08. The van der Waals surface area contributed by atoms with E-state index in [1.165, 1.54) is 0 Å². The van der Waals surface area contributed by atoms with Crippen LogP contribution in [0.5, 0.6) is 0 Å². The van der Waals surface area contributed by atoms with Crippen molar-refractivity contribution in [2.24, 2.45) is 5.41 Å². The van der Waals surface area contributed by atoms with Gasteiger partial charge in [0.2, 0.25) is 0 Å². The number of pyridine rings is 1. The summed E-state index contributed by atoms with van der Waals surface area (Å²) in [6, 6.07) is 3.99. The molecule has 7 heteroatoms. The number of likely N-dealkylation sites (tertiary alicyclic amines) is 1. The maximum Gasteiger partial charge on any atom is 0.255 e. The van der Waals surface area contributed by atoms with Gasteiger partial charge in [-0.25, -0.2) is 0 Å². The molecule has 0 bridgehead atoms. The van der Waals surface area contributed by atoms with Crippen LogP contribution in [0.1, 0.15) is 77.7 Å². The van der Waals surface area contributed by atoms with E-state index in [9.17, 15) is 14.9 Å². The molecule has 0 radical (unpaired) electrons. The molecule has 1 amide bonds. The molecule has 1 fully saturated rings. The maximum absolute atomic E-state index is 13.1. The molecule has 2 aromatic rings. The van der Waals surface area contributed by atoms with E-state index in [1.807, 2.05) is 21.9 Å². The van der Waals surface area contributed by atoms with Gasteiger partial charge in [0, 0.05) is 49.5 Å². The van der Waals surface area contributed by atoms with Crippen molar-refractivity contribution in [1.29, 1.82) is 5.26 Å². The number of ketones is 1. The number of hydrogen-bond acceptors (Lipinski definition) is 5. The molecule has 164 valence electrons. The quantitative estimate of drug-likeness (QED) is 0.691. The van der Waals surface area contributed by atoms with Crippen LogP contribution in [0.25, 0.3) is 5.57 Å². The van der Waals surface area contributed by atoms with Gasteiger partial charge < -0.3 is 4.90 Å². The first-order valence-electron chi connectivity index (χ1n) is 11.2. The fourth-order valence-corrected chi connectivity index (χ4v) is 5.15. The Kier molecular flexibility index (Phi) is 4.59. The summed E-state index contributed by atoms with van der Waals surface area (Å²) in [5.41, 5.74) is 4.13. The minimum atomic E-state index is -0.162. The Morgan fingerprint density at radius 1 is 1.22 bits per heavy atom. The normalized spacial score (nSPS) is 19.4. The van der Waals surface area contributed by atoms with Crippen LogP contribution in [0, 0.1) is 16.7 Å². The number of amides is 1. The summed E-state index contributed by atoms with van der Waals surface area (Å²) in [4.78, 5) is 32.3. The van der Waals surface area contributed by atoms with Crippen molar-refractivity contribution in [3.63, 3.8) is 0 Å². The summed E-state index contributed by atoms with van der Waals surface area (Å²) in [5.74, 6) is 0.0652. The molecule has 1 aliphatic heterocycles. The van der Waals surface area contributed by atoms with Crippen molar-refractivity contribution in [3.8, 4) is 6.07 Å². The van der Waals surface area contributed by atoms with E-state index in [2.05, 4.69) is 36.9 Å². The van der Waals surface area contributed by atoms with E-state index in [1.54, 1.807) is 12.3 Å². The van der Waals surface area contributed by atoms with Crippen LogP contribution >= 0.6 is 0 Å². The highest BCUT2D eigenvalue weighted by Gasteiger charge is 2.43. The Morgan fingerprint density at radius 2 is 1.97 bits per heavy atom. The van der Waals surface area contributed by atoms with Gasteiger partial charge in [-0.15, -0.1) is 0 Å². The van der Waals surface area contributed by atoms with Crippen molar-refractivity contribution in [3.05, 3.63) is 52.6 Å². The third kappa shape index (κ3) is 3.35. The zero-order chi connectivity index (χ0) is 22.7. The van der Waals surface area contributed by atoms with E-state index in [-0.39, 0.29) is 22.6 Å². The zero-order valence-corrected chi connectivity index (χ0v) is 18.8. The summed E-state index contributed by atoms with van der Waals surface area (Å²) in [6.07, 6.45) is 9.08. The number of carbonyl (C=O) groups is 2. The molecule has 3 heterocycles. The van der Waals surface area contributed by atoms with E-state index >= 15 is 0 Å². The molecule has 0 atom stereocenters. The Morgan fingerprint density at radius 3 is 2.66 bits per heavy atom. The number of carbonyl (C=O) groups excluding carboxylic acids is 2. The van der Waals surface area contributed by atoms with Gasteiger partial charge in [0.1, 0.15) is 5.69 Å². The molecule has 32 heavy (non-hydrogen) atoms. The Labute approximate surface area is 187 Å². The smallest absolute Gasteiger partial charge is 0.255 e. The van der Waals surface area contributed by atoms with Gasteiger partial charge in [0.05, 0.1) is 28.4 Å². The Bertz CT molecular complexity index is 1200. The summed E-state index contributed by atoms with van der Waals surface area (Å²) in [5, 5.41) is 13.9. The third-order valence-corrected chi connectivity index (χ3v) is 7.08. The standard InChI is InChI=1S/C25H27N5O2/c1-24(2,3)30-15-18-11-25(12-21(31)22(18)28-30)6-8-29(9-7-25)23(32)17-10-19-16(13-26)4-5-20(19)27-14-17/h4,10,14-15H,5-9,11-12H2,1-3H3.